The van der Waals surface area contributed by atoms with Crippen LogP contribution in [0.25, 0.3) is 10.9 Å². The van der Waals surface area contributed by atoms with Gasteiger partial charge in [0.1, 0.15) is 16.8 Å². The van der Waals surface area contributed by atoms with Crippen molar-refractivity contribution in [1.29, 1.82) is 0 Å². The van der Waals surface area contributed by atoms with Crippen LogP contribution in [-0.4, -0.2) is 47.5 Å². The van der Waals surface area contributed by atoms with Gasteiger partial charge in [-0.25, -0.2) is 14.0 Å². The number of anilines is 1. The van der Waals surface area contributed by atoms with Gasteiger partial charge in [-0.1, -0.05) is 0 Å². The monoisotopic (exact) mass is 476 g/mol. The average Bonchev–Trinajstić information content (AvgIpc) is 3.43. The maximum Gasteiger partial charge on any atom is 0.407 e. The van der Waals surface area contributed by atoms with Crippen LogP contribution in [0.4, 0.5) is 14.9 Å². The third kappa shape index (κ3) is 4.37. The summed E-state index contributed by atoms with van der Waals surface area (Å²) in [4.78, 5) is 41.7. The van der Waals surface area contributed by atoms with Crippen molar-refractivity contribution in [3.8, 4) is 5.75 Å². The molecule has 1 saturated heterocycles. The molecular formula is C24H33FN4O5. The molecule has 1 aliphatic carbocycles. The Labute approximate surface area is 197 Å². The molecule has 2 aliphatic rings. The van der Waals surface area contributed by atoms with Crippen LogP contribution in [0, 0.1) is 18.7 Å². The van der Waals surface area contributed by atoms with E-state index in [4.69, 9.17) is 9.47 Å². The second-order valence-electron chi connectivity index (χ2n) is 10.3. The summed E-state index contributed by atoms with van der Waals surface area (Å²) < 4.78 is 28.3. The number of nitrogens with one attached hydrogen (secondary N) is 2. The number of fused-ring (bicyclic) bond motifs is 1. The Bertz CT molecular complexity index is 1240. The van der Waals surface area contributed by atoms with E-state index in [1.807, 2.05) is 11.8 Å². The first-order valence-corrected chi connectivity index (χ1v) is 11.7. The van der Waals surface area contributed by atoms with Crippen LogP contribution >= 0.6 is 0 Å². The number of carbonyl (C=O) groups excluding carboxylic acids is 1. The van der Waals surface area contributed by atoms with Crippen molar-refractivity contribution in [2.75, 3.05) is 25.1 Å². The smallest absolute Gasteiger partial charge is 0.407 e. The summed E-state index contributed by atoms with van der Waals surface area (Å²) in [7, 11) is 1.43. The molecule has 1 aromatic heterocycles. The van der Waals surface area contributed by atoms with Gasteiger partial charge in [0.2, 0.25) is 0 Å². The molecule has 0 spiro atoms. The van der Waals surface area contributed by atoms with Gasteiger partial charge in [0, 0.05) is 30.7 Å². The molecule has 2 heterocycles. The van der Waals surface area contributed by atoms with Crippen molar-refractivity contribution < 1.29 is 18.7 Å². The summed E-state index contributed by atoms with van der Waals surface area (Å²) in [5.74, 6) is -0.289. The Kier molecular flexibility index (Phi) is 6.12. The third-order valence-electron chi connectivity index (χ3n) is 6.59. The van der Waals surface area contributed by atoms with E-state index in [-0.39, 0.29) is 40.4 Å². The number of alkyl carbamates (subject to hydrolysis) is 1. The van der Waals surface area contributed by atoms with Gasteiger partial charge < -0.3 is 19.7 Å². The van der Waals surface area contributed by atoms with Gasteiger partial charge in [-0.3, -0.25) is 14.3 Å². The topological polar surface area (TPSA) is 106 Å². The lowest BCUT2D eigenvalue weighted by Crippen LogP contribution is -2.42. The number of ether oxygens (including phenoxy) is 2. The molecule has 1 saturated carbocycles. The van der Waals surface area contributed by atoms with Crippen LogP contribution in [-0.2, 0) is 4.74 Å². The summed E-state index contributed by atoms with van der Waals surface area (Å²) in [5.41, 5.74) is -0.947. The number of hydrogen-bond acceptors (Lipinski definition) is 6. The molecule has 2 N–H and O–H groups in total. The van der Waals surface area contributed by atoms with E-state index in [2.05, 4.69) is 10.3 Å². The highest BCUT2D eigenvalue weighted by Gasteiger charge is 2.36. The van der Waals surface area contributed by atoms with Crippen LogP contribution in [0.3, 0.4) is 0 Å². The van der Waals surface area contributed by atoms with Crippen molar-refractivity contribution in [2.45, 2.75) is 71.6 Å². The molecule has 1 amide bonds. The predicted molar refractivity (Wildman–Crippen MR) is 127 cm³/mol. The van der Waals surface area contributed by atoms with Crippen molar-refractivity contribution >= 4 is 22.7 Å². The average molecular weight is 477 g/mol. The molecule has 1 unspecified atom stereocenters. The summed E-state index contributed by atoms with van der Waals surface area (Å²) in [6.07, 6.45) is 1.86. The maximum absolute atomic E-state index is 15.7. The minimum Gasteiger partial charge on any atom is -0.492 e. The fourth-order valence-electron chi connectivity index (χ4n) is 4.79. The van der Waals surface area contributed by atoms with Gasteiger partial charge in [0.25, 0.3) is 5.56 Å². The highest BCUT2D eigenvalue weighted by Crippen LogP contribution is 2.45. The maximum atomic E-state index is 15.7. The number of aromatic nitrogens is 2. The number of methoxy groups -OCH3 is 1. The summed E-state index contributed by atoms with van der Waals surface area (Å²) in [6, 6.07) is -0.231. The van der Waals surface area contributed by atoms with Crippen molar-refractivity contribution in [2.24, 2.45) is 5.92 Å². The van der Waals surface area contributed by atoms with Crippen LogP contribution in [0.1, 0.15) is 58.6 Å². The molecule has 34 heavy (non-hydrogen) atoms. The molecule has 0 bridgehead atoms. The lowest BCUT2D eigenvalue weighted by atomic mass is 10.0. The van der Waals surface area contributed by atoms with Crippen molar-refractivity contribution in [1.82, 2.24) is 14.9 Å². The number of benzene rings is 1. The zero-order chi connectivity index (χ0) is 24.9. The van der Waals surface area contributed by atoms with Crippen molar-refractivity contribution in [3.05, 3.63) is 32.2 Å². The standard InChI is InChI=1S/C24H33FN4O5/c1-12-16-18(29(15-7-8-15)22(31)27-21(16)30)20(33-6)19(17(12)25)28-10-9-14(11-28)13(2)26-23(32)34-24(3,4)5/h13-15H,7-11H2,1-6H3,(H,26,32)(H,27,30,31)/t13-,14?/m0/s1. The number of amides is 1. The quantitative estimate of drug-likeness (QED) is 0.687. The molecule has 9 nitrogen and oxygen atoms in total. The molecule has 2 atom stereocenters. The van der Waals surface area contributed by atoms with Gasteiger partial charge in [0.05, 0.1) is 12.5 Å². The SMILES string of the molecule is COc1c(N2CCC([C@H](C)NC(=O)OC(C)(C)C)C2)c(F)c(C)c2c(=O)[nH]c(=O)n(C3CC3)c12. The Balaban J connectivity index is 1.71. The zero-order valence-corrected chi connectivity index (χ0v) is 20.6. The molecule has 2 aromatic rings. The zero-order valence-electron chi connectivity index (χ0n) is 20.6. The minimum absolute atomic E-state index is 0.0390. The van der Waals surface area contributed by atoms with Crippen LogP contribution in [0.5, 0.6) is 5.75 Å². The van der Waals surface area contributed by atoms with E-state index < -0.39 is 28.8 Å². The summed E-state index contributed by atoms with van der Waals surface area (Å²) in [5, 5.41) is 3.02. The first kappa shape index (κ1) is 24.1. The summed E-state index contributed by atoms with van der Waals surface area (Å²) in [6.45, 7) is 9.89. The third-order valence-corrected chi connectivity index (χ3v) is 6.59. The molecule has 1 aromatic carbocycles. The highest BCUT2D eigenvalue weighted by atomic mass is 19.1. The molecule has 186 valence electrons. The number of hydrogen-bond donors (Lipinski definition) is 2. The van der Waals surface area contributed by atoms with Crippen LogP contribution in [0.15, 0.2) is 9.59 Å². The molecule has 2 fully saturated rings. The van der Waals surface area contributed by atoms with Gasteiger partial charge in [-0.2, -0.15) is 0 Å². The van der Waals surface area contributed by atoms with Gasteiger partial charge in [-0.15, -0.1) is 0 Å². The predicted octanol–water partition coefficient (Wildman–Crippen LogP) is 3.22. The molecule has 10 heteroatoms. The number of nitrogens with zero attached hydrogens (tertiary/aromatic N) is 2. The normalized spacial score (nSPS) is 19.4. The Morgan fingerprint density at radius 3 is 2.50 bits per heavy atom. The van der Waals surface area contributed by atoms with Crippen LogP contribution in [0.2, 0.25) is 0 Å². The van der Waals surface area contributed by atoms with Gasteiger partial charge in [-0.05, 0) is 59.8 Å². The lowest BCUT2D eigenvalue weighted by Gasteiger charge is -2.27. The summed E-state index contributed by atoms with van der Waals surface area (Å²) >= 11 is 0. The van der Waals surface area contributed by atoms with E-state index in [1.54, 1.807) is 27.7 Å². The van der Waals surface area contributed by atoms with E-state index in [9.17, 15) is 14.4 Å². The molecule has 1 aliphatic heterocycles. The van der Waals surface area contributed by atoms with Crippen LogP contribution < -0.4 is 26.2 Å². The second kappa shape index (κ2) is 8.63. The largest absolute Gasteiger partial charge is 0.492 e. The number of aromatic amines is 1. The Morgan fingerprint density at radius 1 is 1.24 bits per heavy atom. The number of rotatable bonds is 5. The Morgan fingerprint density at radius 2 is 1.91 bits per heavy atom. The second-order valence-corrected chi connectivity index (χ2v) is 10.3. The van der Waals surface area contributed by atoms with E-state index in [0.29, 0.717) is 18.6 Å². The van der Waals surface area contributed by atoms with Crippen molar-refractivity contribution in [3.63, 3.8) is 0 Å². The first-order chi connectivity index (χ1) is 15.9. The number of carbonyl (C=O) groups is 1. The minimum atomic E-state index is -0.618. The molecule has 4 rings (SSSR count). The number of aryl methyl sites for hydroxylation is 1. The van der Waals surface area contributed by atoms with E-state index in [1.165, 1.54) is 11.7 Å². The Hall–Kier alpha value is -3.04. The fourth-order valence-corrected chi connectivity index (χ4v) is 4.79. The number of halogens is 1. The van der Waals surface area contributed by atoms with E-state index in [0.717, 1.165) is 19.3 Å². The lowest BCUT2D eigenvalue weighted by molar-refractivity contribution is 0.0494. The fraction of sp³-hybridized carbons (Fsp3) is 0.625. The van der Waals surface area contributed by atoms with E-state index >= 15 is 4.39 Å². The number of H-pyrrole nitrogens is 1. The molecule has 0 radical (unpaired) electrons. The van der Waals surface area contributed by atoms with Gasteiger partial charge in [0.15, 0.2) is 11.6 Å². The molecular weight excluding hydrogens is 443 g/mol. The van der Waals surface area contributed by atoms with Gasteiger partial charge >= 0.3 is 11.8 Å². The first-order valence-electron chi connectivity index (χ1n) is 11.7. The highest BCUT2D eigenvalue weighted by molar-refractivity contribution is 5.93.